The molecule has 0 aliphatic carbocycles. The smallest absolute Gasteiger partial charge is 0.497 e. The van der Waals surface area contributed by atoms with E-state index < -0.39 is 0 Å². The molecular formula is C71H75BBrN13O13. The minimum absolute atomic E-state index is 0.0643. The lowest BCUT2D eigenvalue weighted by molar-refractivity contribution is 0.00578. The number of hydrogen-bond acceptors (Lipinski definition) is 16. The molecule has 0 unspecified atom stereocenters. The number of carbonyl (C=O) groups is 6. The van der Waals surface area contributed by atoms with E-state index in [0.29, 0.717) is 55.5 Å². The lowest BCUT2D eigenvalue weighted by atomic mass is 9.77. The van der Waals surface area contributed by atoms with Crippen LogP contribution in [-0.2, 0) is 9.31 Å². The predicted molar refractivity (Wildman–Crippen MR) is 383 cm³/mol. The topological polar surface area (TPSA) is 349 Å². The Kier molecular flexibility index (Phi) is 20.8. The number of urea groups is 2. The van der Waals surface area contributed by atoms with E-state index in [1.54, 1.807) is 63.8 Å². The standard InChI is InChI=1S/C25H23N5O4.C15H15N3O2.C11H19BN2O2.C10H8BrNO2.C10H10N2O3/c1-12-22(13(2)30-29-12)23-17(16-10-15(33-4)6-7-19(16)28-23)11-21-24(31)18-9-14(27-25(32)26-3)5-8-20(18)34-21;1-8-14(9(2)18-17-8)15-12(7-19)11-6-10(20-3)4-5-13(11)16-15;1-7-9(8(2)14-13-7)12-15-10(3,4)11(5,6)16-12;1-14-6-2-3-9-7(4-6)8(5-13)10(11)12-9;1-11-10(14)12-6-2-3-9-7(4-6)8(13)5-15-9/h5-11,28H,1-4H3,(H,29,30)(H2,26,27,32);4-7,16H,1-3H3,(H,17,18);1-6H3,(H,13,14);2-5,12H,1H3;2-4H,5H2,1H3,(H2,11,12,14)/b21-11-;;;;. The second-order valence-electron chi connectivity index (χ2n) is 24.2. The van der Waals surface area contributed by atoms with E-state index in [4.69, 9.17) is 33.0 Å². The van der Waals surface area contributed by atoms with Crippen LogP contribution in [0.4, 0.5) is 21.0 Å². The van der Waals surface area contributed by atoms with Crippen molar-refractivity contribution in [2.45, 2.75) is 80.4 Å². The predicted octanol–water partition coefficient (Wildman–Crippen LogP) is 12.6. The molecule has 512 valence electrons. The summed E-state index contributed by atoms with van der Waals surface area (Å²) < 4.78 is 39.5. The molecule has 0 radical (unpaired) electrons. The van der Waals surface area contributed by atoms with E-state index in [-0.39, 0.29) is 54.3 Å². The lowest BCUT2D eigenvalue weighted by Crippen LogP contribution is -2.41. The number of nitrogens with one attached hydrogen (secondary N) is 10. The second-order valence-corrected chi connectivity index (χ2v) is 25.0. The van der Waals surface area contributed by atoms with Crippen molar-refractivity contribution in [2.24, 2.45) is 0 Å². The molecule has 0 atom stereocenters. The van der Waals surface area contributed by atoms with Gasteiger partial charge in [0.2, 0.25) is 11.6 Å². The minimum Gasteiger partial charge on any atom is -0.497 e. The maximum Gasteiger partial charge on any atom is 0.498 e. The number of Topliss-reactive ketones (excluding diaryl/α,β-unsaturated/α-hetero) is 2. The summed E-state index contributed by atoms with van der Waals surface area (Å²) in [6, 6.07) is 26.2. The molecule has 6 aromatic heterocycles. The minimum atomic E-state index is -0.370. The van der Waals surface area contributed by atoms with Gasteiger partial charge in [0, 0.05) is 103 Å². The maximum atomic E-state index is 13.2. The Morgan fingerprint density at radius 2 is 1.01 bits per heavy atom. The van der Waals surface area contributed by atoms with Crippen molar-refractivity contribution in [3.05, 3.63) is 163 Å². The van der Waals surface area contributed by atoms with Crippen molar-refractivity contribution < 1.29 is 61.8 Å². The largest absolute Gasteiger partial charge is 0.498 e. The highest BCUT2D eigenvalue weighted by Crippen LogP contribution is 2.41. The van der Waals surface area contributed by atoms with Gasteiger partial charge < -0.3 is 69.2 Å². The molecule has 0 saturated carbocycles. The SMILES string of the molecule is CNC(=O)Nc1ccc2c(c1)C(=O)/C(=C/c1c(-c3c(C)n[nH]c3C)[nH]c3ccc(OC)cc13)O2.CNC(=O)Nc1ccc2c(c1)C(=O)CO2.COc1ccc2[nH]c(-c3c(C)n[nH]c3C)c(C=O)c2c1.COc1ccc2[nH]c(Br)c(C=O)c2c1.Cc1n[nH]c(C)c1B1OC(C)(C)C(C)(C)O1. The summed E-state index contributed by atoms with van der Waals surface area (Å²) in [7, 11) is 7.56. The first-order valence-corrected chi connectivity index (χ1v) is 32.0. The highest BCUT2D eigenvalue weighted by Gasteiger charge is 2.53. The van der Waals surface area contributed by atoms with Crippen LogP contribution < -0.4 is 50.4 Å². The molecule has 5 aromatic carbocycles. The highest BCUT2D eigenvalue weighted by atomic mass is 79.9. The molecule has 0 bridgehead atoms. The second kappa shape index (κ2) is 29.2. The van der Waals surface area contributed by atoms with Crippen molar-refractivity contribution >= 4 is 115 Å². The number of hydrogen-bond donors (Lipinski definition) is 10. The Labute approximate surface area is 577 Å². The van der Waals surface area contributed by atoms with Gasteiger partial charge in [-0.1, -0.05) is 0 Å². The molecule has 0 spiro atoms. The fourth-order valence-corrected chi connectivity index (χ4v) is 11.9. The van der Waals surface area contributed by atoms with Crippen LogP contribution >= 0.6 is 15.9 Å². The van der Waals surface area contributed by atoms with E-state index in [2.05, 4.69) is 110 Å². The molecule has 99 heavy (non-hydrogen) atoms. The number of allylic oxidation sites excluding steroid dienone is 1. The molecule has 9 heterocycles. The molecule has 11 aromatic rings. The van der Waals surface area contributed by atoms with Crippen LogP contribution in [0.3, 0.4) is 0 Å². The summed E-state index contributed by atoms with van der Waals surface area (Å²) in [6.45, 7) is 20.0. The number of rotatable bonds is 11. The maximum absolute atomic E-state index is 13.2. The fourth-order valence-electron chi connectivity index (χ4n) is 11.4. The van der Waals surface area contributed by atoms with Gasteiger partial charge in [0.05, 0.1) is 82.3 Å². The molecule has 28 heteroatoms. The zero-order valence-corrected chi connectivity index (χ0v) is 58.8. The van der Waals surface area contributed by atoms with Crippen LogP contribution in [0.2, 0.25) is 0 Å². The van der Waals surface area contributed by atoms with Gasteiger partial charge in [0.1, 0.15) is 28.7 Å². The number of benzene rings is 5. The van der Waals surface area contributed by atoms with Crippen LogP contribution in [0.1, 0.15) is 109 Å². The van der Waals surface area contributed by atoms with Crippen molar-refractivity contribution in [2.75, 3.05) is 52.7 Å². The summed E-state index contributed by atoms with van der Waals surface area (Å²) in [4.78, 5) is 79.4. The highest BCUT2D eigenvalue weighted by molar-refractivity contribution is 9.10. The summed E-state index contributed by atoms with van der Waals surface area (Å²) in [5, 5.41) is 34.4. The average molecular weight is 1410 g/mol. The van der Waals surface area contributed by atoms with Crippen LogP contribution in [0, 0.1) is 41.5 Å². The van der Waals surface area contributed by atoms with Gasteiger partial charge in [-0.15, -0.1) is 0 Å². The van der Waals surface area contributed by atoms with Crippen molar-refractivity contribution in [1.29, 1.82) is 0 Å². The number of ketones is 2. The average Bonchev–Trinajstić information content (AvgIpc) is 1.62. The summed E-state index contributed by atoms with van der Waals surface area (Å²) >= 11 is 3.29. The summed E-state index contributed by atoms with van der Waals surface area (Å²) in [5.41, 5.74) is 16.2. The zero-order chi connectivity index (χ0) is 71.4. The van der Waals surface area contributed by atoms with E-state index in [1.165, 1.54) is 14.1 Å². The lowest BCUT2D eigenvalue weighted by Gasteiger charge is -2.32. The van der Waals surface area contributed by atoms with E-state index >= 15 is 0 Å². The first kappa shape index (κ1) is 70.6. The Morgan fingerprint density at radius 1 is 0.566 bits per heavy atom. The first-order chi connectivity index (χ1) is 47.2. The number of halogens is 1. The molecule has 1 fully saturated rings. The van der Waals surface area contributed by atoms with Gasteiger partial charge in [-0.3, -0.25) is 34.5 Å². The third-order valence-corrected chi connectivity index (χ3v) is 17.9. The first-order valence-electron chi connectivity index (χ1n) is 31.2. The van der Waals surface area contributed by atoms with Crippen LogP contribution in [-0.4, -0.2) is 142 Å². The van der Waals surface area contributed by atoms with Crippen molar-refractivity contribution in [3.8, 4) is 51.3 Å². The number of anilines is 2. The molecule has 3 aliphatic heterocycles. The Balaban J connectivity index is 0.000000141. The van der Waals surface area contributed by atoms with E-state index in [0.717, 1.165) is 124 Å². The number of nitrogens with zero attached hydrogens (tertiary/aromatic N) is 3. The molecule has 10 N–H and O–H groups in total. The molecule has 3 aliphatic rings. The van der Waals surface area contributed by atoms with Gasteiger partial charge in [-0.05, 0) is 182 Å². The summed E-state index contributed by atoms with van der Waals surface area (Å²) in [6.07, 6.45) is 3.44. The molecular weight excluding hydrogens is 1330 g/mol. The third kappa shape index (κ3) is 14.6. The number of methoxy groups -OCH3 is 3. The van der Waals surface area contributed by atoms with Crippen molar-refractivity contribution in [1.82, 2.24) is 56.2 Å². The Hall–Kier alpha value is -11.2. The van der Waals surface area contributed by atoms with Crippen LogP contribution in [0.25, 0.3) is 61.3 Å². The third-order valence-electron chi connectivity index (χ3n) is 17.3. The number of aryl methyl sites for hydroxylation is 6. The number of aromatic nitrogens is 9. The van der Waals surface area contributed by atoms with Gasteiger partial charge in [0.25, 0.3) is 0 Å². The van der Waals surface area contributed by atoms with Gasteiger partial charge in [0.15, 0.2) is 24.9 Å². The number of H-pyrrole nitrogens is 6. The monoisotopic (exact) mass is 1410 g/mol. The number of fused-ring (bicyclic) bond motifs is 5. The molecule has 4 amide bonds. The zero-order valence-electron chi connectivity index (χ0n) is 57.2. The summed E-state index contributed by atoms with van der Waals surface area (Å²) in [5.74, 6) is 3.04. The van der Waals surface area contributed by atoms with E-state index in [9.17, 15) is 28.8 Å². The van der Waals surface area contributed by atoms with E-state index in [1.807, 2.05) is 96.1 Å². The van der Waals surface area contributed by atoms with Crippen LogP contribution in [0.15, 0.2) is 101 Å². The Morgan fingerprint density at radius 3 is 1.46 bits per heavy atom. The van der Waals surface area contributed by atoms with Gasteiger partial charge >= 0.3 is 19.2 Å². The number of amides is 4. The molecule has 14 rings (SSSR count). The van der Waals surface area contributed by atoms with Crippen LogP contribution in [0.5, 0.6) is 28.7 Å². The Bertz CT molecular complexity index is 4900. The van der Waals surface area contributed by atoms with Crippen molar-refractivity contribution in [3.63, 3.8) is 0 Å². The number of aromatic amines is 6. The quantitative estimate of drug-likeness (QED) is 0.0327. The molecule has 26 nitrogen and oxygen atoms in total. The molecule has 1 saturated heterocycles. The van der Waals surface area contributed by atoms with Gasteiger partial charge in [-0.2, -0.15) is 15.3 Å². The number of ether oxygens (including phenoxy) is 5. The fraction of sp³-hybridized carbons (Fsp3) is 0.254. The number of carbonyl (C=O) groups excluding carboxylic acids is 6. The number of aldehydes is 2. The van der Waals surface area contributed by atoms with Gasteiger partial charge in [-0.25, -0.2) is 9.59 Å². The normalized spacial score (nSPS) is 14.1.